The lowest BCUT2D eigenvalue weighted by Gasteiger charge is -2.21. The van der Waals surface area contributed by atoms with Gasteiger partial charge >= 0.3 is 0 Å². The van der Waals surface area contributed by atoms with Gasteiger partial charge in [-0.1, -0.05) is 103 Å². The summed E-state index contributed by atoms with van der Waals surface area (Å²) in [6.07, 6.45) is 12.4. The molecule has 0 radical (unpaired) electrons. The zero-order valence-electron chi connectivity index (χ0n) is 45.5. The van der Waals surface area contributed by atoms with Crippen LogP contribution in [0.2, 0.25) is 0 Å². The molecule has 9 aromatic rings. The van der Waals surface area contributed by atoms with Crippen molar-refractivity contribution in [3.63, 3.8) is 0 Å². The Labute approximate surface area is 469 Å². The second-order valence-electron chi connectivity index (χ2n) is 19.6. The van der Waals surface area contributed by atoms with Crippen molar-refractivity contribution in [2.24, 2.45) is 9.98 Å². The number of H-pyrrole nitrogens is 3. The highest BCUT2D eigenvalue weighted by molar-refractivity contribution is 6.16. The Morgan fingerprint density at radius 1 is 0.321 bits per heavy atom. The molecule has 16 rings (SSSR count). The van der Waals surface area contributed by atoms with E-state index in [1.165, 1.54) is 0 Å². The van der Waals surface area contributed by atoms with E-state index in [1.807, 2.05) is 85.0 Å². The van der Waals surface area contributed by atoms with Crippen LogP contribution in [0.1, 0.15) is 56.5 Å². The Kier molecular flexibility index (Phi) is 13.0. The van der Waals surface area contributed by atoms with Crippen LogP contribution in [-0.4, -0.2) is 69.0 Å². The van der Waals surface area contributed by atoms with Crippen molar-refractivity contribution in [3.05, 3.63) is 268 Å². The summed E-state index contributed by atoms with van der Waals surface area (Å²) in [5.41, 5.74) is 19.9. The van der Waals surface area contributed by atoms with Crippen LogP contribution in [0.15, 0.2) is 227 Å². The lowest BCUT2D eigenvalue weighted by molar-refractivity contribution is 0.351. The lowest BCUT2D eigenvalue weighted by Crippen LogP contribution is -2.16. The third kappa shape index (κ3) is 8.74. The number of hydrogen-bond donors (Lipinski definition) is 4. The van der Waals surface area contributed by atoms with Crippen molar-refractivity contribution in [3.8, 4) is 68.3 Å². The summed E-state index contributed by atoms with van der Waals surface area (Å²) >= 11 is 0. The van der Waals surface area contributed by atoms with Gasteiger partial charge in [-0.05, 0) is 114 Å². The van der Waals surface area contributed by atoms with Crippen LogP contribution in [0.4, 0.5) is 0 Å². The fraction of sp³-hybridized carbons (Fsp3) is 0.101. The number of aromatic nitrogens is 3. The van der Waals surface area contributed by atoms with Crippen LogP contribution in [0, 0.1) is 0 Å². The summed E-state index contributed by atoms with van der Waals surface area (Å²) in [6, 6.07) is 55.6. The Morgan fingerprint density at radius 3 is 1.09 bits per heavy atom. The van der Waals surface area contributed by atoms with Gasteiger partial charge in [0, 0.05) is 90.0 Å². The Balaban J connectivity index is 1.01. The van der Waals surface area contributed by atoms with E-state index >= 15 is 0 Å². The van der Waals surface area contributed by atoms with E-state index in [4.69, 9.17) is 38.4 Å². The standard InChI is InChI=1S/C69H56N6O6/c1-76-64-43-22-23-44(65(64)77-2)50-29-35-56(71-50)62(41-18-12-8-13-19-41)58-37-31-52(73-58)46-26-27-48(69(81-6)67(46)79-4)54-33-39-60(75-54)63(42-20-14-9-15-21-42)59-38-32-53(74-59)47-25-24-45(66(78-3)68(47)80-5)51-30-36-57(72-51)61(40-16-10-7-11-17-40)55-34-28-49(43)70-55/h7-39,49,70-72,75H,1-6H3/b61-55?,62-58+,63-59?. The van der Waals surface area contributed by atoms with Crippen molar-refractivity contribution in [2.75, 3.05) is 42.7 Å². The van der Waals surface area contributed by atoms with E-state index in [0.717, 1.165) is 129 Å². The smallest absolute Gasteiger partial charge is 0.170 e. The minimum atomic E-state index is -0.252. The first kappa shape index (κ1) is 50.1. The molecule has 10 heterocycles. The first-order chi connectivity index (χ1) is 39.9. The van der Waals surface area contributed by atoms with Crippen LogP contribution in [0.5, 0.6) is 34.5 Å². The number of hydrogen-bond acceptors (Lipinski definition) is 9. The topological polar surface area (TPSA) is 140 Å². The molecule has 7 aliphatic rings. The molecule has 12 heteroatoms. The fourth-order valence-corrected chi connectivity index (χ4v) is 11.6. The fourth-order valence-electron chi connectivity index (χ4n) is 11.6. The van der Waals surface area contributed by atoms with E-state index < -0.39 is 0 Å². The number of aliphatic imine (C=N–C) groups is 2. The average molecular weight is 1070 g/mol. The summed E-state index contributed by atoms with van der Waals surface area (Å²) in [6.45, 7) is 0. The van der Waals surface area contributed by atoms with Crippen LogP contribution in [-0.2, 0) is 0 Å². The van der Waals surface area contributed by atoms with E-state index in [9.17, 15) is 0 Å². The summed E-state index contributed by atoms with van der Waals surface area (Å²) in [5, 5.41) is 3.84. The predicted octanol–water partition coefficient (Wildman–Crippen LogP) is 14.3. The third-order valence-electron chi connectivity index (χ3n) is 15.2. The maximum atomic E-state index is 6.27. The lowest BCUT2D eigenvalue weighted by atomic mass is 10.0. The molecule has 0 saturated heterocycles. The highest BCUT2D eigenvalue weighted by Crippen LogP contribution is 2.48. The molecule has 0 fully saturated rings. The second-order valence-corrected chi connectivity index (χ2v) is 19.6. The van der Waals surface area contributed by atoms with Gasteiger partial charge in [0.05, 0.1) is 71.5 Å². The molecule has 398 valence electrons. The van der Waals surface area contributed by atoms with Gasteiger partial charge in [0.1, 0.15) is 0 Å². The molecular formula is C69H56N6O6. The van der Waals surface area contributed by atoms with E-state index in [1.54, 1.807) is 42.7 Å². The molecule has 4 N–H and O–H groups in total. The first-order valence-corrected chi connectivity index (χ1v) is 26.6. The van der Waals surface area contributed by atoms with E-state index in [-0.39, 0.29) is 6.04 Å². The molecule has 1 unspecified atom stereocenters. The maximum absolute atomic E-state index is 6.27. The molecule has 0 spiro atoms. The van der Waals surface area contributed by atoms with Gasteiger partial charge in [-0.25, -0.2) is 9.98 Å². The Hall–Kier alpha value is -10.5. The zero-order chi connectivity index (χ0) is 55.1. The van der Waals surface area contributed by atoms with Gasteiger partial charge < -0.3 is 48.7 Å². The molecule has 3 aromatic heterocycles. The number of nitrogens with one attached hydrogen (secondary N) is 4. The predicted molar refractivity (Wildman–Crippen MR) is 322 cm³/mol. The number of benzene rings is 6. The number of ether oxygens (including phenoxy) is 6. The van der Waals surface area contributed by atoms with Crippen LogP contribution in [0.3, 0.4) is 0 Å². The van der Waals surface area contributed by atoms with E-state index in [0.29, 0.717) is 34.5 Å². The molecule has 6 aromatic carbocycles. The average Bonchev–Trinajstić information content (AvgIpc) is 4.58. The quantitative estimate of drug-likeness (QED) is 0.113. The van der Waals surface area contributed by atoms with Crippen LogP contribution in [0.25, 0.3) is 50.5 Å². The second kappa shape index (κ2) is 21.1. The van der Waals surface area contributed by atoms with Crippen molar-refractivity contribution in [1.82, 2.24) is 20.3 Å². The van der Waals surface area contributed by atoms with Gasteiger partial charge in [-0.2, -0.15) is 0 Å². The van der Waals surface area contributed by atoms with Gasteiger partial charge in [0.25, 0.3) is 0 Å². The summed E-state index contributed by atoms with van der Waals surface area (Å²) in [4.78, 5) is 21.9. The normalized spacial score (nSPS) is 16.0. The van der Waals surface area contributed by atoms with Crippen LogP contribution >= 0.6 is 0 Å². The maximum Gasteiger partial charge on any atom is 0.170 e. The monoisotopic (exact) mass is 1060 g/mol. The molecular weight excluding hydrogens is 1010 g/mol. The highest BCUT2D eigenvalue weighted by Gasteiger charge is 2.30. The van der Waals surface area contributed by atoms with Gasteiger partial charge in [0.2, 0.25) is 0 Å². The molecule has 0 amide bonds. The molecule has 18 bridgehead atoms. The number of aromatic amines is 3. The summed E-state index contributed by atoms with van der Waals surface area (Å²) in [7, 11) is 10.0. The zero-order valence-corrected chi connectivity index (χ0v) is 45.5. The van der Waals surface area contributed by atoms with Crippen molar-refractivity contribution >= 4 is 28.1 Å². The number of methoxy groups -OCH3 is 6. The molecule has 0 aliphatic carbocycles. The molecule has 1 atom stereocenters. The van der Waals surface area contributed by atoms with Gasteiger partial charge in [-0.15, -0.1) is 0 Å². The largest absolute Gasteiger partial charge is 0.492 e. The SMILES string of the molecule is COc1c2ccc(c1OC)-c1ccc([nH]1)C(c1ccccc1)=C1C=CC(=N1)c1ccc(c(OC)c1OC)-c1ccc([nH]1)C(c1ccccc1)=C1C=CC(N1)c1ccc(c(OC)c1OC)-c1ccc([nH]1)/C(c1ccccc1)=C1\C=CC2=N1. The van der Waals surface area contributed by atoms with Crippen molar-refractivity contribution in [2.45, 2.75) is 6.04 Å². The van der Waals surface area contributed by atoms with Crippen molar-refractivity contribution in [1.29, 1.82) is 0 Å². The third-order valence-corrected chi connectivity index (χ3v) is 15.2. The minimum Gasteiger partial charge on any atom is -0.492 e. The molecule has 12 nitrogen and oxygen atoms in total. The number of nitrogens with zero attached hydrogens (tertiary/aromatic N) is 2. The Morgan fingerprint density at radius 2 is 0.667 bits per heavy atom. The molecule has 0 saturated carbocycles. The summed E-state index contributed by atoms with van der Waals surface area (Å²) in [5.74, 6) is 3.47. The Bertz CT molecular complexity index is 4200. The van der Waals surface area contributed by atoms with Gasteiger partial charge in [0.15, 0.2) is 34.5 Å². The number of allylic oxidation sites excluding steroid dienone is 5. The first-order valence-electron chi connectivity index (χ1n) is 26.6. The molecule has 81 heavy (non-hydrogen) atoms. The molecule has 7 aliphatic heterocycles. The van der Waals surface area contributed by atoms with Gasteiger partial charge in [-0.3, -0.25) is 0 Å². The summed E-state index contributed by atoms with van der Waals surface area (Å²) < 4.78 is 37.5. The van der Waals surface area contributed by atoms with Crippen LogP contribution < -0.4 is 33.7 Å². The van der Waals surface area contributed by atoms with Crippen molar-refractivity contribution < 1.29 is 28.4 Å². The van der Waals surface area contributed by atoms with E-state index in [2.05, 4.69) is 136 Å². The minimum absolute atomic E-state index is 0.252. The number of rotatable bonds is 9. The highest BCUT2D eigenvalue weighted by atomic mass is 16.5. The number of fused-ring (bicyclic) bond motifs is 2.